The molecule has 0 bridgehead atoms. The largest absolute Gasteiger partial charge is 0.391 e. The van der Waals surface area contributed by atoms with Crippen molar-refractivity contribution < 1.29 is 21.6 Å². The first kappa shape index (κ1) is 23.3. The Balaban J connectivity index is 1.72. The molecule has 3 aromatic rings. The average molecular weight is 479 g/mol. The van der Waals surface area contributed by atoms with Gasteiger partial charge in [-0.3, -0.25) is 0 Å². The van der Waals surface area contributed by atoms with E-state index in [4.69, 9.17) is 0 Å². The van der Waals surface area contributed by atoms with Gasteiger partial charge in [-0.15, -0.1) is 0 Å². The summed E-state index contributed by atoms with van der Waals surface area (Å²) in [5, 5.41) is 3.15. The predicted octanol–water partition coefficient (Wildman–Crippen LogP) is 5.03. The summed E-state index contributed by atoms with van der Waals surface area (Å²) in [5.41, 5.74) is 2.19. The molecule has 6 nitrogen and oxygen atoms in total. The summed E-state index contributed by atoms with van der Waals surface area (Å²) in [6.45, 7) is 1.95. The second kappa shape index (κ2) is 9.18. The number of H-pyrrole nitrogens is 1. The van der Waals surface area contributed by atoms with Crippen molar-refractivity contribution in [3.63, 3.8) is 0 Å². The van der Waals surface area contributed by atoms with Crippen molar-refractivity contribution in [2.75, 3.05) is 11.9 Å². The van der Waals surface area contributed by atoms with Gasteiger partial charge in [-0.05, 0) is 43.0 Å². The third-order valence-corrected chi connectivity index (χ3v) is 7.95. The standard InChI is InChI=1S/C23H25F3N4O2S/c1-16-6-8-19(9-7-16)33(31,32)30-11-10-18(23(24,25)26)12-21(30)20-5-3-2-4-17(20)13-28-22-14-27-15-29-22/h2-9,14-15,18,21,28H,10-13H2,1H3,(H,27,29). The van der Waals surface area contributed by atoms with Gasteiger partial charge in [0.25, 0.3) is 0 Å². The Morgan fingerprint density at radius 3 is 2.55 bits per heavy atom. The summed E-state index contributed by atoms with van der Waals surface area (Å²) in [4.78, 5) is 6.93. The molecule has 0 amide bonds. The fraction of sp³-hybridized carbons (Fsp3) is 0.348. The third-order valence-electron chi connectivity index (χ3n) is 6.03. The maximum atomic E-state index is 13.7. The van der Waals surface area contributed by atoms with Gasteiger partial charge in [0, 0.05) is 13.1 Å². The van der Waals surface area contributed by atoms with Crippen molar-refractivity contribution in [1.29, 1.82) is 0 Å². The van der Waals surface area contributed by atoms with E-state index in [1.807, 2.05) is 6.92 Å². The highest BCUT2D eigenvalue weighted by atomic mass is 32.2. The van der Waals surface area contributed by atoms with Crippen molar-refractivity contribution in [3.05, 3.63) is 77.7 Å². The zero-order chi connectivity index (χ0) is 23.6. The molecular weight excluding hydrogens is 453 g/mol. The Labute approximate surface area is 190 Å². The summed E-state index contributed by atoms with van der Waals surface area (Å²) in [6.07, 6.45) is -1.87. The maximum absolute atomic E-state index is 13.7. The van der Waals surface area contributed by atoms with Crippen LogP contribution < -0.4 is 5.32 Å². The lowest BCUT2D eigenvalue weighted by molar-refractivity contribution is -0.187. The van der Waals surface area contributed by atoms with Crippen molar-refractivity contribution in [2.24, 2.45) is 5.92 Å². The highest BCUT2D eigenvalue weighted by Gasteiger charge is 2.47. The van der Waals surface area contributed by atoms with Crippen LogP contribution in [0.25, 0.3) is 0 Å². The van der Waals surface area contributed by atoms with Crippen LogP contribution in [0.4, 0.5) is 19.0 Å². The third kappa shape index (κ3) is 5.06. The molecule has 33 heavy (non-hydrogen) atoms. The predicted molar refractivity (Wildman–Crippen MR) is 119 cm³/mol. The molecule has 176 valence electrons. The van der Waals surface area contributed by atoms with Crippen LogP contribution in [0.1, 0.15) is 35.6 Å². The lowest BCUT2D eigenvalue weighted by Crippen LogP contribution is -2.44. The summed E-state index contributed by atoms with van der Waals surface area (Å²) >= 11 is 0. The lowest BCUT2D eigenvalue weighted by atomic mass is 9.86. The zero-order valence-electron chi connectivity index (χ0n) is 18.0. The Hall–Kier alpha value is -2.85. The number of hydrogen-bond acceptors (Lipinski definition) is 4. The molecule has 4 rings (SSSR count). The molecular formula is C23H25F3N4O2S. The Bertz CT molecular complexity index is 1180. The number of nitrogens with zero attached hydrogens (tertiary/aromatic N) is 2. The van der Waals surface area contributed by atoms with Crippen molar-refractivity contribution in [2.45, 2.75) is 43.4 Å². The number of imidazole rings is 1. The van der Waals surface area contributed by atoms with Gasteiger partial charge in [0.2, 0.25) is 10.0 Å². The van der Waals surface area contributed by atoms with E-state index in [1.165, 1.54) is 22.8 Å². The van der Waals surface area contributed by atoms with E-state index in [0.717, 1.165) is 11.1 Å². The fourth-order valence-corrected chi connectivity index (χ4v) is 5.85. The normalized spacial score (nSPS) is 20.0. The zero-order valence-corrected chi connectivity index (χ0v) is 18.8. The Morgan fingerprint density at radius 1 is 1.15 bits per heavy atom. The molecule has 0 spiro atoms. The fourth-order valence-electron chi connectivity index (χ4n) is 4.22. The second-order valence-corrected chi connectivity index (χ2v) is 10.1. The molecule has 1 aliphatic rings. The first-order chi connectivity index (χ1) is 15.7. The Morgan fingerprint density at radius 2 is 1.88 bits per heavy atom. The number of halogens is 3. The molecule has 2 heterocycles. The van der Waals surface area contributed by atoms with Crippen molar-refractivity contribution >= 4 is 15.8 Å². The molecule has 2 unspecified atom stereocenters. The van der Waals surface area contributed by atoms with Crippen LogP contribution in [0.15, 0.2) is 66.0 Å². The average Bonchev–Trinajstić information content (AvgIpc) is 3.31. The summed E-state index contributed by atoms with van der Waals surface area (Å²) < 4.78 is 69.2. The molecule has 1 saturated heterocycles. The summed E-state index contributed by atoms with van der Waals surface area (Å²) in [7, 11) is -3.99. The number of aromatic amines is 1. The number of anilines is 1. The van der Waals surface area contributed by atoms with E-state index < -0.39 is 28.2 Å². The second-order valence-electron chi connectivity index (χ2n) is 8.23. The molecule has 2 N–H and O–H groups in total. The molecule has 0 aliphatic carbocycles. The minimum Gasteiger partial charge on any atom is -0.366 e. The van der Waals surface area contributed by atoms with Gasteiger partial charge in [-0.2, -0.15) is 17.5 Å². The number of benzene rings is 2. The monoisotopic (exact) mass is 478 g/mol. The molecule has 1 aliphatic heterocycles. The lowest BCUT2D eigenvalue weighted by Gasteiger charge is -2.40. The number of sulfonamides is 1. The number of aromatic nitrogens is 2. The molecule has 0 saturated carbocycles. The minimum atomic E-state index is -4.39. The molecule has 2 atom stereocenters. The van der Waals surface area contributed by atoms with Gasteiger partial charge in [-0.1, -0.05) is 42.0 Å². The van der Waals surface area contributed by atoms with Gasteiger partial charge in [0.15, 0.2) is 0 Å². The van der Waals surface area contributed by atoms with Gasteiger partial charge in [0.1, 0.15) is 5.82 Å². The van der Waals surface area contributed by atoms with Crippen molar-refractivity contribution in [1.82, 2.24) is 14.3 Å². The molecule has 10 heteroatoms. The van der Waals surface area contributed by atoms with E-state index in [-0.39, 0.29) is 24.3 Å². The molecule has 0 radical (unpaired) electrons. The van der Waals surface area contributed by atoms with E-state index in [2.05, 4.69) is 15.3 Å². The molecule has 2 aromatic carbocycles. The highest BCUT2D eigenvalue weighted by molar-refractivity contribution is 7.89. The number of rotatable bonds is 6. The van der Waals surface area contributed by atoms with Gasteiger partial charge >= 0.3 is 6.18 Å². The first-order valence-electron chi connectivity index (χ1n) is 10.6. The number of piperidine rings is 1. The van der Waals surface area contributed by atoms with Crippen LogP contribution in [-0.2, 0) is 16.6 Å². The number of alkyl halides is 3. The molecule has 1 aromatic heterocycles. The number of aryl methyl sites for hydroxylation is 1. The quantitative estimate of drug-likeness (QED) is 0.521. The minimum absolute atomic E-state index is 0.0802. The van der Waals surface area contributed by atoms with Gasteiger partial charge in [-0.25, -0.2) is 13.4 Å². The smallest absolute Gasteiger partial charge is 0.366 e. The van der Waals surface area contributed by atoms with Crippen LogP contribution in [0.5, 0.6) is 0 Å². The number of nitrogens with one attached hydrogen (secondary N) is 2. The molecule has 1 fully saturated rings. The van der Waals surface area contributed by atoms with Gasteiger partial charge in [0.05, 0.1) is 29.4 Å². The highest BCUT2D eigenvalue weighted by Crippen LogP contribution is 2.44. The van der Waals surface area contributed by atoms with E-state index in [0.29, 0.717) is 17.9 Å². The topological polar surface area (TPSA) is 78.1 Å². The van der Waals surface area contributed by atoms with E-state index in [9.17, 15) is 21.6 Å². The SMILES string of the molecule is Cc1ccc(S(=O)(=O)N2CCC(C(F)(F)F)CC2c2ccccc2CNc2cnc[nH]2)cc1. The Kier molecular flexibility index (Phi) is 6.49. The summed E-state index contributed by atoms with van der Waals surface area (Å²) in [5.74, 6) is -0.911. The van der Waals surface area contributed by atoms with Crippen LogP contribution >= 0.6 is 0 Å². The van der Waals surface area contributed by atoms with Crippen LogP contribution in [-0.4, -0.2) is 35.4 Å². The first-order valence-corrected chi connectivity index (χ1v) is 12.1. The van der Waals surface area contributed by atoms with E-state index in [1.54, 1.807) is 42.6 Å². The van der Waals surface area contributed by atoms with Crippen LogP contribution in [0.3, 0.4) is 0 Å². The van der Waals surface area contributed by atoms with Crippen molar-refractivity contribution in [3.8, 4) is 0 Å². The van der Waals surface area contributed by atoms with E-state index >= 15 is 0 Å². The number of hydrogen-bond donors (Lipinski definition) is 2. The maximum Gasteiger partial charge on any atom is 0.391 e. The summed E-state index contributed by atoms with van der Waals surface area (Å²) in [6, 6.07) is 12.5. The van der Waals surface area contributed by atoms with Crippen LogP contribution in [0, 0.1) is 12.8 Å². The van der Waals surface area contributed by atoms with Crippen LogP contribution in [0.2, 0.25) is 0 Å². The van der Waals surface area contributed by atoms with Gasteiger partial charge < -0.3 is 10.3 Å².